The predicted molar refractivity (Wildman–Crippen MR) is 85.7 cm³/mol. The number of carbonyl (C=O) groups excluding carboxylic acids is 1. The van der Waals surface area contributed by atoms with Crippen molar-refractivity contribution in [3.63, 3.8) is 0 Å². The van der Waals surface area contributed by atoms with Crippen LogP contribution in [0.3, 0.4) is 0 Å². The molecule has 0 heterocycles. The average Bonchev–Trinajstić information content (AvgIpc) is 2.38. The van der Waals surface area contributed by atoms with Crippen LogP contribution in [0.5, 0.6) is 0 Å². The number of hydrogen-bond donors (Lipinski definition) is 2. The van der Waals surface area contributed by atoms with E-state index in [0.29, 0.717) is 15.7 Å². The van der Waals surface area contributed by atoms with E-state index in [1.165, 1.54) is 0 Å². The van der Waals surface area contributed by atoms with Gasteiger partial charge in [-0.2, -0.15) is 0 Å². The van der Waals surface area contributed by atoms with Crippen LogP contribution in [0.4, 0.5) is 5.69 Å². The molecular weight excluding hydrogens is 297 g/mol. The molecule has 0 atom stereocenters. The molecule has 1 aromatic rings. The van der Waals surface area contributed by atoms with Crippen molar-refractivity contribution in [1.82, 2.24) is 10.2 Å². The zero-order valence-corrected chi connectivity index (χ0v) is 13.4. The van der Waals surface area contributed by atoms with Gasteiger partial charge in [-0.25, -0.2) is 0 Å². The molecule has 0 aliphatic rings. The van der Waals surface area contributed by atoms with Crippen molar-refractivity contribution in [2.24, 2.45) is 0 Å². The molecule has 0 aliphatic carbocycles. The van der Waals surface area contributed by atoms with Crippen LogP contribution >= 0.6 is 23.2 Å². The Morgan fingerprint density at radius 2 is 1.85 bits per heavy atom. The highest BCUT2D eigenvalue weighted by atomic mass is 35.5. The summed E-state index contributed by atoms with van der Waals surface area (Å²) in [6.07, 6.45) is 2.15. The summed E-state index contributed by atoms with van der Waals surface area (Å²) < 4.78 is 0. The number of unbranched alkanes of at least 4 members (excludes halogenated alkanes) is 1. The van der Waals surface area contributed by atoms with Gasteiger partial charge in [-0.3, -0.25) is 4.79 Å². The fourth-order valence-electron chi connectivity index (χ4n) is 1.68. The van der Waals surface area contributed by atoms with Gasteiger partial charge in [0.25, 0.3) is 0 Å². The van der Waals surface area contributed by atoms with Crippen LogP contribution in [-0.2, 0) is 4.79 Å². The number of nitrogens with zero attached hydrogens (tertiary/aromatic N) is 1. The number of anilines is 1. The zero-order valence-electron chi connectivity index (χ0n) is 11.9. The van der Waals surface area contributed by atoms with E-state index in [9.17, 15) is 4.79 Å². The fraction of sp³-hybridized carbons (Fsp3) is 0.500. The lowest BCUT2D eigenvalue weighted by Gasteiger charge is -2.11. The summed E-state index contributed by atoms with van der Waals surface area (Å²) in [4.78, 5) is 13.9. The average molecular weight is 318 g/mol. The Hall–Kier alpha value is -0.810. The standard InChI is InChI=1S/C14H21Cl2N3O/c1-19(2)9-4-3-8-17-10-13(20)18-14-11(15)6-5-7-12(14)16/h5-7,17H,3-4,8-10H2,1-2H3,(H,18,20). The Morgan fingerprint density at radius 3 is 2.45 bits per heavy atom. The van der Waals surface area contributed by atoms with Gasteiger partial charge in [-0.05, 0) is 52.2 Å². The van der Waals surface area contributed by atoms with Crippen molar-refractivity contribution >= 4 is 34.8 Å². The number of hydrogen-bond acceptors (Lipinski definition) is 3. The number of amides is 1. The number of carbonyl (C=O) groups is 1. The number of nitrogens with one attached hydrogen (secondary N) is 2. The molecule has 0 fully saturated rings. The van der Waals surface area contributed by atoms with Crippen LogP contribution in [0.25, 0.3) is 0 Å². The Kier molecular flexibility index (Phi) is 7.92. The lowest BCUT2D eigenvalue weighted by atomic mass is 10.3. The smallest absolute Gasteiger partial charge is 0.238 e. The van der Waals surface area contributed by atoms with E-state index in [1.54, 1.807) is 18.2 Å². The second kappa shape index (κ2) is 9.19. The summed E-state index contributed by atoms with van der Waals surface area (Å²) >= 11 is 12.0. The summed E-state index contributed by atoms with van der Waals surface area (Å²) in [5.41, 5.74) is 0.468. The third-order valence-electron chi connectivity index (χ3n) is 2.72. The van der Waals surface area contributed by atoms with E-state index in [4.69, 9.17) is 23.2 Å². The SMILES string of the molecule is CN(C)CCCCNCC(=O)Nc1c(Cl)cccc1Cl. The first-order chi connectivity index (χ1) is 9.50. The van der Waals surface area contributed by atoms with Crippen LogP contribution in [0.1, 0.15) is 12.8 Å². The summed E-state index contributed by atoms with van der Waals surface area (Å²) in [6.45, 7) is 2.13. The van der Waals surface area contributed by atoms with Crippen molar-refractivity contribution < 1.29 is 4.79 Å². The Bertz CT molecular complexity index is 418. The first-order valence-electron chi connectivity index (χ1n) is 6.60. The van der Waals surface area contributed by atoms with Crippen LogP contribution in [0.15, 0.2) is 18.2 Å². The maximum atomic E-state index is 11.8. The zero-order chi connectivity index (χ0) is 15.0. The van der Waals surface area contributed by atoms with Crippen molar-refractivity contribution in [3.05, 3.63) is 28.2 Å². The Morgan fingerprint density at radius 1 is 1.20 bits per heavy atom. The van der Waals surface area contributed by atoms with Gasteiger partial charge in [0.15, 0.2) is 0 Å². The van der Waals surface area contributed by atoms with Gasteiger partial charge >= 0.3 is 0 Å². The molecule has 112 valence electrons. The summed E-state index contributed by atoms with van der Waals surface area (Å²) in [7, 11) is 4.10. The van der Waals surface area contributed by atoms with Gasteiger partial charge in [0.1, 0.15) is 0 Å². The minimum Gasteiger partial charge on any atom is -0.322 e. The van der Waals surface area contributed by atoms with Gasteiger partial charge in [-0.15, -0.1) is 0 Å². The van der Waals surface area contributed by atoms with Gasteiger partial charge < -0.3 is 15.5 Å². The number of rotatable bonds is 8. The quantitative estimate of drug-likeness (QED) is 0.725. The molecule has 0 spiro atoms. The molecule has 1 aromatic carbocycles. The Labute approximate surface area is 130 Å². The molecule has 0 unspecified atom stereocenters. The Balaban J connectivity index is 2.24. The van der Waals surface area contributed by atoms with Gasteiger partial charge in [0.05, 0.1) is 22.3 Å². The van der Waals surface area contributed by atoms with Crippen molar-refractivity contribution in [2.45, 2.75) is 12.8 Å². The predicted octanol–water partition coefficient (Wildman–Crippen LogP) is 2.86. The molecule has 0 saturated heterocycles. The minimum atomic E-state index is -0.146. The van der Waals surface area contributed by atoms with Crippen molar-refractivity contribution in [2.75, 3.05) is 39.0 Å². The number of para-hydroxylation sites is 1. The van der Waals surface area contributed by atoms with Gasteiger partial charge in [-0.1, -0.05) is 29.3 Å². The molecule has 0 radical (unpaired) electrons. The lowest BCUT2D eigenvalue weighted by molar-refractivity contribution is -0.115. The summed E-state index contributed by atoms with van der Waals surface area (Å²) in [6, 6.07) is 5.12. The second-order valence-electron chi connectivity index (χ2n) is 4.83. The molecular formula is C14H21Cl2N3O. The van der Waals surface area contributed by atoms with Crippen LogP contribution in [-0.4, -0.2) is 44.5 Å². The van der Waals surface area contributed by atoms with Gasteiger partial charge in [0, 0.05) is 0 Å². The maximum absolute atomic E-state index is 11.8. The third kappa shape index (κ3) is 6.57. The molecule has 4 nitrogen and oxygen atoms in total. The van der Waals surface area contributed by atoms with E-state index < -0.39 is 0 Å². The molecule has 6 heteroatoms. The first kappa shape index (κ1) is 17.2. The monoisotopic (exact) mass is 317 g/mol. The molecule has 0 bridgehead atoms. The molecule has 1 amide bonds. The molecule has 0 aliphatic heterocycles. The number of halogens is 2. The van der Waals surface area contributed by atoms with Crippen LogP contribution < -0.4 is 10.6 Å². The summed E-state index contributed by atoms with van der Waals surface area (Å²) in [5, 5.41) is 6.70. The van der Waals surface area contributed by atoms with Crippen molar-refractivity contribution in [3.8, 4) is 0 Å². The minimum absolute atomic E-state index is 0.146. The topological polar surface area (TPSA) is 44.4 Å². The third-order valence-corrected chi connectivity index (χ3v) is 3.35. The molecule has 20 heavy (non-hydrogen) atoms. The molecule has 1 rings (SSSR count). The summed E-state index contributed by atoms with van der Waals surface area (Å²) in [5.74, 6) is -0.146. The molecule has 0 aromatic heterocycles. The molecule has 2 N–H and O–H groups in total. The van der Waals surface area contributed by atoms with E-state index in [1.807, 2.05) is 14.1 Å². The van der Waals surface area contributed by atoms with Gasteiger partial charge in [0.2, 0.25) is 5.91 Å². The van der Waals surface area contributed by atoms with Crippen LogP contribution in [0, 0.1) is 0 Å². The largest absolute Gasteiger partial charge is 0.322 e. The lowest BCUT2D eigenvalue weighted by Crippen LogP contribution is -2.29. The van der Waals surface area contributed by atoms with Crippen molar-refractivity contribution in [1.29, 1.82) is 0 Å². The highest BCUT2D eigenvalue weighted by molar-refractivity contribution is 6.39. The van der Waals surface area contributed by atoms with E-state index >= 15 is 0 Å². The van der Waals surface area contributed by atoms with Crippen LogP contribution in [0.2, 0.25) is 10.0 Å². The molecule has 0 saturated carbocycles. The van der Waals surface area contributed by atoms with E-state index in [0.717, 1.165) is 25.9 Å². The normalized spacial score (nSPS) is 10.8. The fourth-order valence-corrected chi connectivity index (χ4v) is 2.17. The first-order valence-corrected chi connectivity index (χ1v) is 7.35. The highest BCUT2D eigenvalue weighted by Crippen LogP contribution is 2.29. The maximum Gasteiger partial charge on any atom is 0.238 e. The van der Waals surface area contributed by atoms with E-state index in [-0.39, 0.29) is 12.5 Å². The highest BCUT2D eigenvalue weighted by Gasteiger charge is 2.08. The number of benzene rings is 1. The second-order valence-corrected chi connectivity index (χ2v) is 5.65. The van der Waals surface area contributed by atoms with E-state index in [2.05, 4.69) is 15.5 Å².